The number of aromatic nitrogens is 3. The summed E-state index contributed by atoms with van der Waals surface area (Å²) in [6.45, 7) is 8.88. The number of hydrogen-bond donors (Lipinski definition) is 2. The molecule has 0 aliphatic heterocycles. The fourth-order valence-electron chi connectivity index (χ4n) is 1.21. The van der Waals surface area contributed by atoms with Gasteiger partial charge in [-0.25, -0.2) is 9.48 Å². The van der Waals surface area contributed by atoms with Crippen molar-refractivity contribution < 1.29 is 14.7 Å². The number of carbonyl (C=O) groups is 2. The number of carbonyl (C=O) groups excluding carboxylic acids is 1. The molecule has 0 saturated carbocycles. The molecule has 0 spiro atoms. The van der Waals surface area contributed by atoms with Crippen LogP contribution in [0.4, 0.5) is 0 Å². The Labute approximate surface area is 112 Å². The van der Waals surface area contributed by atoms with Crippen LogP contribution < -0.4 is 5.32 Å². The van der Waals surface area contributed by atoms with Gasteiger partial charge in [-0.15, -0.1) is 5.10 Å². The molecule has 0 aliphatic carbocycles. The lowest BCUT2D eigenvalue weighted by molar-refractivity contribution is -0.122. The molecule has 0 saturated heterocycles. The van der Waals surface area contributed by atoms with E-state index in [0.717, 1.165) is 0 Å². The lowest BCUT2D eigenvalue weighted by Gasteiger charge is -2.29. The van der Waals surface area contributed by atoms with Crippen molar-refractivity contribution in [1.29, 1.82) is 0 Å². The van der Waals surface area contributed by atoms with E-state index >= 15 is 0 Å². The molecule has 1 aromatic rings. The van der Waals surface area contributed by atoms with Gasteiger partial charge in [0, 0.05) is 6.54 Å². The second-order valence-corrected chi connectivity index (χ2v) is 5.53. The lowest BCUT2D eigenvalue weighted by atomic mass is 9.81. The Morgan fingerprint density at radius 3 is 2.58 bits per heavy atom. The first-order valence-electron chi connectivity index (χ1n) is 6.12. The van der Waals surface area contributed by atoms with Gasteiger partial charge in [-0.05, 0) is 11.3 Å². The molecule has 0 radical (unpaired) electrons. The molecular formula is C12H20N4O3. The second kappa shape index (κ2) is 5.81. The largest absolute Gasteiger partial charge is 0.476 e. The standard InChI is InChI=1S/C12H20N4O3/c1-8(2)12(3,4)7-13-10(17)6-16-5-9(11(18)19)14-15-16/h5,8H,6-7H2,1-4H3,(H,13,17)(H,18,19). The normalized spacial score (nSPS) is 11.6. The van der Waals surface area contributed by atoms with Crippen molar-refractivity contribution in [3.8, 4) is 0 Å². The van der Waals surface area contributed by atoms with Gasteiger partial charge in [0.25, 0.3) is 0 Å². The number of nitrogens with zero attached hydrogens (tertiary/aromatic N) is 3. The highest BCUT2D eigenvalue weighted by molar-refractivity contribution is 5.84. The van der Waals surface area contributed by atoms with Gasteiger partial charge >= 0.3 is 5.97 Å². The average molecular weight is 268 g/mol. The van der Waals surface area contributed by atoms with Crippen LogP contribution in [0.15, 0.2) is 6.20 Å². The maximum Gasteiger partial charge on any atom is 0.358 e. The summed E-state index contributed by atoms with van der Waals surface area (Å²) in [5.41, 5.74) is -0.167. The van der Waals surface area contributed by atoms with Gasteiger partial charge in [0.15, 0.2) is 5.69 Å². The Kier molecular flexibility index (Phi) is 4.63. The van der Waals surface area contributed by atoms with Crippen molar-refractivity contribution in [1.82, 2.24) is 20.3 Å². The number of carboxylic acids is 1. The van der Waals surface area contributed by atoms with E-state index in [9.17, 15) is 9.59 Å². The van der Waals surface area contributed by atoms with Crippen LogP contribution in [0.1, 0.15) is 38.2 Å². The van der Waals surface area contributed by atoms with Crippen LogP contribution in [0, 0.1) is 11.3 Å². The van der Waals surface area contributed by atoms with Gasteiger partial charge in [-0.2, -0.15) is 0 Å². The zero-order valence-electron chi connectivity index (χ0n) is 11.7. The summed E-state index contributed by atoms with van der Waals surface area (Å²) in [5, 5.41) is 18.5. The van der Waals surface area contributed by atoms with E-state index in [-0.39, 0.29) is 23.6 Å². The SMILES string of the molecule is CC(C)C(C)(C)CNC(=O)Cn1cc(C(=O)O)nn1. The summed E-state index contributed by atoms with van der Waals surface area (Å²) in [4.78, 5) is 22.3. The third kappa shape index (κ3) is 4.35. The molecule has 0 aromatic carbocycles. The van der Waals surface area contributed by atoms with Crippen molar-refractivity contribution in [2.24, 2.45) is 11.3 Å². The van der Waals surface area contributed by atoms with E-state index in [1.807, 2.05) is 0 Å². The summed E-state index contributed by atoms with van der Waals surface area (Å²) in [6, 6.07) is 0. The molecular weight excluding hydrogens is 248 g/mol. The maximum atomic E-state index is 11.7. The van der Waals surface area contributed by atoms with Crippen LogP contribution in [0.5, 0.6) is 0 Å². The van der Waals surface area contributed by atoms with Crippen LogP contribution in [0.2, 0.25) is 0 Å². The number of amides is 1. The maximum absolute atomic E-state index is 11.7. The summed E-state index contributed by atoms with van der Waals surface area (Å²) in [5.74, 6) is -0.930. The molecule has 1 amide bonds. The van der Waals surface area contributed by atoms with E-state index in [4.69, 9.17) is 5.11 Å². The Morgan fingerprint density at radius 2 is 2.11 bits per heavy atom. The van der Waals surface area contributed by atoms with Crippen molar-refractivity contribution in [2.45, 2.75) is 34.2 Å². The van der Waals surface area contributed by atoms with Crippen molar-refractivity contribution in [3.63, 3.8) is 0 Å². The molecule has 0 fully saturated rings. The number of hydrogen-bond acceptors (Lipinski definition) is 4. The minimum Gasteiger partial charge on any atom is -0.476 e. The molecule has 7 heteroatoms. The minimum atomic E-state index is -1.16. The number of nitrogens with one attached hydrogen (secondary N) is 1. The molecule has 0 unspecified atom stereocenters. The molecule has 1 rings (SSSR count). The zero-order valence-corrected chi connectivity index (χ0v) is 11.7. The van der Waals surface area contributed by atoms with E-state index in [0.29, 0.717) is 12.5 Å². The van der Waals surface area contributed by atoms with Crippen LogP contribution >= 0.6 is 0 Å². The van der Waals surface area contributed by atoms with Gasteiger partial charge in [-0.1, -0.05) is 32.9 Å². The van der Waals surface area contributed by atoms with Gasteiger partial charge < -0.3 is 10.4 Å². The third-order valence-electron chi connectivity index (χ3n) is 3.37. The minimum absolute atomic E-state index is 0.00422. The number of carboxylic acid groups (broad SMARTS) is 1. The fraction of sp³-hybridized carbons (Fsp3) is 0.667. The van der Waals surface area contributed by atoms with E-state index in [2.05, 4.69) is 43.3 Å². The molecule has 1 heterocycles. The molecule has 19 heavy (non-hydrogen) atoms. The smallest absolute Gasteiger partial charge is 0.358 e. The fourth-order valence-corrected chi connectivity index (χ4v) is 1.21. The van der Waals surface area contributed by atoms with Crippen molar-refractivity contribution >= 4 is 11.9 Å². The van der Waals surface area contributed by atoms with Crippen LogP contribution in [-0.2, 0) is 11.3 Å². The Morgan fingerprint density at radius 1 is 1.47 bits per heavy atom. The Balaban J connectivity index is 2.49. The summed E-state index contributed by atoms with van der Waals surface area (Å²) in [7, 11) is 0. The first-order chi connectivity index (χ1) is 8.72. The van der Waals surface area contributed by atoms with Gasteiger partial charge in [0.1, 0.15) is 6.54 Å². The first kappa shape index (κ1) is 15.1. The van der Waals surface area contributed by atoms with Crippen LogP contribution in [0.3, 0.4) is 0 Å². The number of rotatable bonds is 6. The molecule has 0 atom stereocenters. The zero-order chi connectivity index (χ0) is 14.6. The third-order valence-corrected chi connectivity index (χ3v) is 3.37. The molecule has 7 nitrogen and oxygen atoms in total. The van der Waals surface area contributed by atoms with Gasteiger partial charge in [0.05, 0.1) is 6.20 Å². The molecule has 106 valence electrons. The highest BCUT2D eigenvalue weighted by atomic mass is 16.4. The predicted molar refractivity (Wildman–Crippen MR) is 68.6 cm³/mol. The van der Waals surface area contributed by atoms with Gasteiger partial charge in [-0.3, -0.25) is 4.79 Å². The van der Waals surface area contributed by atoms with E-state index in [1.54, 1.807) is 0 Å². The summed E-state index contributed by atoms with van der Waals surface area (Å²) in [6.07, 6.45) is 1.23. The monoisotopic (exact) mass is 268 g/mol. The molecule has 0 aliphatic rings. The van der Waals surface area contributed by atoms with Crippen LogP contribution in [-0.4, -0.2) is 38.5 Å². The van der Waals surface area contributed by atoms with Gasteiger partial charge in [0.2, 0.25) is 5.91 Å². The summed E-state index contributed by atoms with van der Waals surface area (Å²) < 4.78 is 1.21. The predicted octanol–water partition coefficient (Wildman–Crippen LogP) is 0.775. The van der Waals surface area contributed by atoms with Crippen LogP contribution in [0.25, 0.3) is 0 Å². The lowest BCUT2D eigenvalue weighted by Crippen LogP contribution is -2.38. The highest BCUT2D eigenvalue weighted by Crippen LogP contribution is 2.24. The first-order valence-corrected chi connectivity index (χ1v) is 6.12. The topological polar surface area (TPSA) is 97.1 Å². The molecule has 1 aromatic heterocycles. The van der Waals surface area contributed by atoms with Crippen molar-refractivity contribution in [3.05, 3.63) is 11.9 Å². The quantitative estimate of drug-likeness (QED) is 0.794. The number of aromatic carboxylic acids is 1. The Bertz CT molecular complexity index is 465. The Hall–Kier alpha value is -1.92. The molecule has 2 N–H and O–H groups in total. The molecule has 0 bridgehead atoms. The average Bonchev–Trinajstić information content (AvgIpc) is 2.75. The van der Waals surface area contributed by atoms with E-state index in [1.165, 1.54) is 10.9 Å². The second-order valence-electron chi connectivity index (χ2n) is 5.53. The summed E-state index contributed by atoms with van der Waals surface area (Å²) >= 11 is 0. The highest BCUT2D eigenvalue weighted by Gasteiger charge is 2.23. The van der Waals surface area contributed by atoms with Crippen molar-refractivity contribution in [2.75, 3.05) is 6.54 Å². The van der Waals surface area contributed by atoms with E-state index < -0.39 is 5.97 Å².